The van der Waals surface area contributed by atoms with Gasteiger partial charge in [-0.15, -0.1) is 0 Å². The molecule has 0 bridgehead atoms. The first kappa shape index (κ1) is 26.0. The van der Waals surface area contributed by atoms with Gasteiger partial charge in [-0.2, -0.15) is 0 Å². The molecule has 6 nitrogen and oxygen atoms in total. The van der Waals surface area contributed by atoms with Gasteiger partial charge in [-0.3, -0.25) is 4.98 Å². The van der Waals surface area contributed by atoms with Crippen LogP contribution in [0.1, 0.15) is 0 Å². The van der Waals surface area contributed by atoms with Crippen molar-refractivity contribution in [2.24, 2.45) is 0 Å². The van der Waals surface area contributed by atoms with E-state index in [-0.39, 0.29) is 0 Å². The molecule has 0 saturated heterocycles. The average molecular weight is 589 g/mol. The minimum Gasteiger partial charge on any atom is -0.254 e. The molecule has 9 aromatic rings. The third kappa shape index (κ3) is 4.43. The van der Waals surface area contributed by atoms with Gasteiger partial charge in [0, 0.05) is 50.0 Å². The smallest absolute Gasteiger partial charge is 0.164 e. The lowest BCUT2D eigenvalue weighted by atomic mass is 10.00. The zero-order chi connectivity index (χ0) is 30.5. The molecular formula is C40H24N6. The molecule has 9 rings (SSSR count). The summed E-state index contributed by atoms with van der Waals surface area (Å²) in [6.07, 6.45) is 1.82. The molecule has 0 atom stereocenters. The summed E-state index contributed by atoms with van der Waals surface area (Å²) < 4.78 is 0. The molecule has 0 aliphatic heterocycles. The topological polar surface area (TPSA) is 77.3 Å². The summed E-state index contributed by atoms with van der Waals surface area (Å²) in [6.45, 7) is 0. The fraction of sp³-hybridized carbons (Fsp3) is 0. The van der Waals surface area contributed by atoms with Gasteiger partial charge in [0.15, 0.2) is 17.5 Å². The average Bonchev–Trinajstić information content (AvgIpc) is 3.14. The fourth-order valence-corrected chi connectivity index (χ4v) is 6.09. The number of benzene rings is 5. The van der Waals surface area contributed by atoms with Crippen LogP contribution in [0.15, 0.2) is 146 Å². The van der Waals surface area contributed by atoms with Crippen molar-refractivity contribution in [1.82, 2.24) is 29.9 Å². The second-order valence-corrected chi connectivity index (χ2v) is 11.2. The third-order valence-electron chi connectivity index (χ3n) is 8.30. The van der Waals surface area contributed by atoms with Gasteiger partial charge in [0.1, 0.15) is 0 Å². The van der Waals surface area contributed by atoms with Gasteiger partial charge in [0.05, 0.1) is 27.8 Å². The molecule has 6 heteroatoms. The molecule has 46 heavy (non-hydrogen) atoms. The van der Waals surface area contributed by atoms with Gasteiger partial charge in [-0.1, -0.05) is 121 Å². The van der Waals surface area contributed by atoms with Gasteiger partial charge in [-0.25, -0.2) is 24.9 Å². The molecule has 4 aromatic heterocycles. The Morgan fingerprint density at radius 1 is 0.348 bits per heavy atom. The maximum atomic E-state index is 5.23. The Kier molecular flexibility index (Phi) is 6.03. The van der Waals surface area contributed by atoms with Gasteiger partial charge in [0.2, 0.25) is 0 Å². The molecule has 0 aliphatic carbocycles. The van der Waals surface area contributed by atoms with Gasteiger partial charge in [0.25, 0.3) is 0 Å². The summed E-state index contributed by atoms with van der Waals surface area (Å²) in [6, 6.07) is 47.0. The van der Waals surface area contributed by atoms with Crippen LogP contribution in [0.4, 0.5) is 0 Å². The van der Waals surface area contributed by atoms with Crippen molar-refractivity contribution in [2.45, 2.75) is 0 Å². The first-order chi connectivity index (χ1) is 22.8. The summed E-state index contributed by atoms with van der Waals surface area (Å²) in [5.41, 5.74) is 8.07. The molecule has 0 fully saturated rings. The van der Waals surface area contributed by atoms with Crippen molar-refractivity contribution in [2.75, 3.05) is 0 Å². The number of pyridine rings is 3. The van der Waals surface area contributed by atoms with E-state index in [1.807, 2.05) is 91.1 Å². The first-order valence-corrected chi connectivity index (χ1v) is 15.1. The molecule has 0 unspecified atom stereocenters. The number of aromatic nitrogens is 6. The number of fused-ring (bicyclic) bond motifs is 6. The lowest BCUT2D eigenvalue weighted by Gasteiger charge is -2.12. The molecule has 0 aliphatic rings. The maximum absolute atomic E-state index is 5.23. The number of hydrogen-bond acceptors (Lipinski definition) is 6. The van der Waals surface area contributed by atoms with Gasteiger partial charge < -0.3 is 0 Å². The Bertz CT molecular complexity index is 2530. The van der Waals surface area contributed by atoms with E-state index in [1.54, 1.807) is 0 Å². The number of nitrogens with zero attached hydrogens (tertiary/aromatic N) is 6. The molecule has 0 saturated carbocycles. The fourth-order valence-electron chi connectivity index (χ4n) is 6.09. The van der Waals surface area contributed by atoms with Gasteiger partial charge >= 0.3 is 0 Å². The minimum absolute atomic E-state index is 0.603. The van der Waals surface area contributed by atoms with Crippen molar-refractivity contribution >= 4 is 43.6 Å². The van der Waals surface area contributed by atoms with E-state index in [1.165, 1.54) is 0 Å². The van der Waals surface area contributed by atoms with Gasteiger partial charge in [-0.05, 0) is 18.2 Å². The summed E-state index contributed by atoms with van der Waals surface area (Å²) in [5.74, 6) is 1.86. The molecule has 0 amide bonds. The van der Waals surface area contributed by atoms with E-state index >= 15 is 0 Å². The summed E-state index contributed by atoms with van der Waals surface area (Å²) in [7, 11) is 0. The molecule has 214 valence electrons. The van der Waals surface area contributed by atoms with E-state index in [9.17, 15) is 0 Å². The lowest BCUT2D eigenvalue weighted by Crippen LogP contribution is -2.00. The molecule has 0 spiro atoms. The largest absolute Gasteiger partial charge is 0.254 e. The van der Waals surface area contributed by atoms with E-state index in [2.05, 4.69) is 59.6 Å². The normalized spacial score (nSPS) is 11.5. The summed E-state index contributed by atoms with van der Waals surface area (Å²) >= 11 is 0. The Morgan fingerprint density at radius 2 is 0.957 bits per heavy atom. The van der Waals surface area contributed by atoms with Crippen LogP contribution in [0.5, 0.6) is 0 Å². The lowest BCUT2D eigenvalue weighted by molar-refractivity contribution is 1.07. The van der Waals surface area contributed by atoms with Crippen LogP contribution in [0, 0.1) is 0 Å². The highest BCUT2D eigenvalue weighted by Gasteiger charge is 2.16. The van der Waals surface area contributed by atoms with E-state index in [0.29, 0.717) is 17.5 Å². The van der Waals surface area contributed by atoms with E-state index < -0.39 is 0 Å². The number of hydrogen-bond donors (Lipinski definition) is 0. The quantitative estimate of drug-likeness (QED) is 0.151. The predicted molar refractivity (Wildman–Crippen MR) is 185 cm³/mol. The van der Waals surface area contributed by atoms with Crippen LogP contribution >= 0.6 is 0 Å². The van der Waals surface area contributed by atoms with Crippen LogP contribution < -0.4 is 0 Å². The SMILES string of the molecule is c1ccc(-c2nc(-c3ccccc3)nc(-c3cccc(-c4nc5cc6ccc7cccnc7c6nc5c5ccccc45)c3)n2)cc1. The Balaban J connectivity index is 1.24. The van der Waals surface area contributed by atoms with Crippen molar-refractivity contribution in [1.29, 1.82) is 0 Å². The Hall–Kier alpha value is -6.40. The first-order valence-electron chi connectivity index (χ1n) is 15.1. The molecule has 0 N–H and O–H groups in total. The van der Waals surface area contributed by atoms with Crippen molar-refractivity contribution in [3.05, 3.63) is 146 Å². The zero-order valence-electron chi connectivity index (χ0n) is 24.5. The number of rotatable bonds is 4. The summed E-state index contributed by atoms with van der Waals surface area (Å²) in [4.78, 5) is 29.8. The third-order valence-corrected chi connectivity index (χ3v) is 8.30. The molecule has 0 radical (unpaired) electrons. The summed E-state index contributed by atoms with van der Waals surface area (Å²) in [5, 5.41) is 4.14. The minimum atomic E-state index is 0.603. The molecule has 5 aromatic carbocycles. The predicted octanol–water partition coefficient (Wildman–Crippen LogP) is 9.34. The molecular weight excluding hydrogens is 564 g/mol. The Labute approximate surface area is 264 Å². The second kappa shape index (κ2) is 10.6. The van der Waals surface area contributed by atoms with Crippen molar-refractivity contribution in [3.63, 3.8) is 0 Å². The van der Waals surface area contributed by atoms with Crippen LogP contribution in [-0.4, -0.2) is 29.9 Å². The zero-order valence-corrected chi connectivity index (χ0v) is 24.5. The van der Waals surface area contributed by atoms with Crippen LogP contribution in [-0.2, 0) is 0 Å². The van der Waals surface area contributed by atoms with E-state index in [4.69, 9.17) is 24.9 Å². The monoisotopic (exact) mass is 588 g/mol. The van der Waals surface area contributed by atoms with Crippen molar-refractivity contribution in [3.8, 4) is 45.4 Å². The van der Waals surface area contributed by atoms with E-state index in [0.717, 1.165) is 71.6 Å². The van der Waals surface area contributed by atoms with Crippen LogP contribution in [0.3, 0.4) is 0 Å². The highest BCUT2D eigenvalue weighted by atomic mass is 15.0. The molecule has 4 heterocycles. The van der Waals surface area contributed by atoms with Crippen LogP contribution in [0.25, 0.3) is 89.0 Å². The van der Waals surface area contributed by atoms with Crippen molar-refractivity contribution < 1.29 is 0 Å². The Morgan fingerprint density at radius 3 is 1.70 bits per heavy atom. The standard InChI is InChI=1S/C40H24N6/c1-3-11-26(12-4-1)38-44-39(27-13-5-2-6-14-27)46-40(45-38)30-16-9-15-28(23-30)34-31-18-7-8-19-32(31)37-33(42-34)24-29-21-20-25-17-10-22-41-35(25)36(29)43-37/h1-24H. The van der Waals surface area contributed by atoms with Crippen LogP contribution in [0.2, 0.25) is 0 Å². The second-order valence-electron chi connectivity index (χ2n) is 11.2. The highest BCUT2D eigenvalue weighted by molar-refractivity contribution is 6.14. The highest BCUT2D eigenvalue weighted by Crippen LogP contribution is 2.35. The maximum Gasteiger partial charge on any atom is 0.164 e.